The molecule has 0 aromatic rings. The Morgan fingerprint density at radius 2 is 1.56 bits per heavy atom. The first-order chi connectivity index (χ1) is 18.3. The van der Waals surface area contributed by atoms with Crippen molar-refractivity contribution in [3.63, 3.8) is 0 Å². The normalized spacial score (nSPS) is 52.2. The maximum Gasteiger partial charge on any atom is 0.335 e. The van der Waals surface area contributed by atoms with Gasteiger partial charge < -0.3 is 40.1 Å². The highest BCUT2D eigenvalue weighted by molar-refractivity contribution is 5.73. The number of carbonyl (C=O) groups is 2. The minimum atomic E-state index is -1.84. The number of carboxylic acid groups (broad SMARTS) is 1. The number of esters is 1. The number of hydrogen-bond donors (Lipinski definition) is 6. The van der Waals surface area contributed by atoms with Crippen LogP contribution in [0.3, 0.4) is 0 Å². The summed E-state index contributed by atoms with van der Waals surface area (Å²) in [5.41, 5.74) is 0.111. The van der Waals surface area contributed by atoms with E-state index in [1.54, 1.807) is 0 Å². The topological polar surface area (TPSA) is 174 Å². The fourth-order valence-electron chi connectivity index (χ4n) is 9.91. The molecular weight excluding hydrogens is 508 g/mol. The van der Waals surface area contributed by atoms with Gasteiger partial charge in [0, 0.05) is 6.42 Å². The largest absolute Gasteiger partial charge is 0.479 e. The SMILES string of the molecule is C[C@@H](CC(=O)OC1OC(C(=O)O)C(O)C(O)C1O)[C@@H]1CC[C@@H]2[C@H]3[C@H](O)C[C@H]4C[C@@H](O)CC[C@@]4(C)[C@@H]3CC[C@]21C. The fourth-order valence-corrected chi connectivity index (χ4v) is 9.91. The van der Waals surface area contributed by atoms with Crippen LogP contribution in [-0.2, 0) is 19.1 Å². The average molecular weight is 555 g/mol. The van der Waals surface area contributed by atoms with Gasteiger partial charge in [0.15, 0.2) is 6.10 Å². The van der Waals surface area contributed by atoms with Crippen molar-refractivity contribution in [2.24, 2.45) is 46.3 Å². The molecule has 10 heteroatoms. The molecule has 15 atom stereocenters. The lowest BCUT2D eigenvalue weighted by atomic mass is 9.43. The second-order valence-corrected chi connectivity index (χ2v) is 13.9. The Labute approximate surface area is 229 Å². The summed E-state index contributed by atoms with van der Waals surface area (Å²) in [6.45, 7) is 6.70. The van der Waals surface area contributed by atoms with Crippen LogP contribution in [0, 0.1) is 46.3 Å². The van der Waals surface area contributed by atoms with Crippen LogP contribution in [0.1, 0.15) is 78.6 Å². The number of carboxylic acids is 1. The van der Waals surface area contributed by atoms with E-state index in [0.29, 0.717) is 17.8 Å². The molecular formula is C29H46O10. The van der Waals surface area contributed by atoms with E-state index in [1.165, 1.54) is 0 Å². The molecule has 4 saturated carbocycles. The van der Waals surface area contributed by atoms with Gasteiger partial charge in [0.2, 0.25) is 6.29 Å². The number of aliphatic hydroxyl groups is 5. The molecule has 0 amide bonds. The fraction of sp³-hybridized carbons (Fsp3) is 0.931. The van der Waals surface area contributed by atoms with Crippen molar-refractivity contribution in [2.45, 2.75) is 121 Å². The molecule has 5 rings (SSSR count). The maximum absolute atomic E-state index is 12.9. The van der Waals surface area contributed by atoms with Crippen LogP contribution in [0.15, 0.2) is 0 Å². The summed E-state index contributed by atoms with van der Waals surface area (Å²) in [6.07, 6.45) is -2.18. The number of aliphatic hydroxyl groups excluding tert-OH is 5. The summed E-state index contributed by atoms with van der Waals surface area (Å²) in [7, 11) is 0. The summed E-state index contributed by atoms with van der Waals surface area (Å²) in [6, 6.07) is 0. The Balaban J connectivity index is 1.25. The first-order valence-electron chi connectivity index (χ1n) is 14.8. The molecule has 6 N–H and O–H groups in total. The lowest BCUT2D eigenvalue weighted by molar-refractivity contribution is -0.286. The first-order valence-corrected chi connectivity index (χ1v) is 14.8. The van der Waals surface area contributed by atoms with Crippen molar-refractivity contribution in [3.05, 3.63) is 0 Å². The molecule has 39 heavy (non-hydrogen) atoms. The summed E-state index contributed by atoms with van der Waals surface area (Å²) in [5, 5.41) is 61.0. The molecule has 1 heterocycles. The molecule has 0 aromatic carbocycles. The van der Waals surface area contributed by atoms with Crippen molar-refractivity contribution in [1.29, 1.82) is 0 Å². The monoisotopic (exact) mass is 554 g/mol. The van der Waals surface area contributed by atoms with Gasteiger partial charge in [-0.3, -0.25) is 4.79 Å². The van der Waals surface area contributed by atoms with Gasteiger partial charge in [-0.1, -0.05) is 20.8 Å². The summed E-state index contributed by atoms with van der Waals surface area (Å²) in [4.78, 5) is 24.3. The van der Waals surface area contributed by atoms with Gasteiger partial charge in [-0.25, -0.2) is 4.79 Å². The first kappa shape index (κ1) is 29.2. The van der Waals surface area contributed by atoms with Crippen molar-refractivity contribution in [3.8, 4) is 0 Å². The highest BCUT2D eigenvalue weighted by Gasteiger charge is 2.63. The predicted octanol–water partition coefficient (Wildman–Crippen LogP) is 1.44. The zero-order valence-electron chi connectivity index (χ0n) is 23.2. The molecule has 0 radical (unpaired) electrons. The highest BCUT2D eigenvalue weighted by Crippen LogP contribution is 2.68. The Morgan fingerprint density at radius 3 is 2.26 bits per heavy atom. The van der Waals surface area contributed by atoms with Crippen molar-refractivity contribution >= 4 is 11.9 Å². The number of rotatable bonds is 5. The van der Waals surface area contributed by atoms with Crippen LogP contribution in [0.4, 0.5) is 0 Å². The Bertz CT molecular complexity index is 943. The van der Waals surface area contributed by atoms with Gasteiger partial charge in [-0.05, 0) is 97.7 Å². The number of carbonyl (C=O) groups excluding carboxylic acids is 1. The molecule has 0 spiro atoms. The lowest BCUT2D eigenvalue weighted by Gasteiger charge is -2.62. The zero-order chi connectivity index (χ0) is 28.4. The van der Waals surface area contributed by atoms with Crippen LogP contribution in [0.5, 0.6) is 0 Å². The smallest absolute Gasteiger partial charge is 0.335 e. The van der Waals surface area contributed by atoms with Gasteiger partial charge in [0.25, 0.3) is 0 Å². The minimum absolute atomic E-state index is 0.0330. The van der Waals surface area contributed by atoms with Crippen LogP contribution < -0.4 is 0 Å². The maximum atomic E-state index is 12.9. The quantitative estimate of drug-likeness (QED) is 0.273. The Morgan fingerprint density at radius 1 is 0.897 bits per heavy atom. The highest BCUT2D eigenvalue weighted by atomic mass is 16.7. The summed E-state index contributed by atoms with van der Waals surface area (Å²) < 4.78 is 10.4. The van der Waals surface area contributed by atoms with Gasteiger partial charge in [0.1, 0.15) is 18.3 Å². The minimum Gasteiger partial charge on any atom is -0.479 e. The second kappa shape index (κ2) is 10.5. The van der Waals surface area contributed by atoms with E-state index < -0.39 is 42.6 Å². The van der Waals surface area contributed by atoms with Crippen molar-refractivity contribution < 1.29 is 49.7 Å². The third-order valence-corrected chi connectivity index (χ3v) is 12.0. The molecule has 1 aliphatic heterocycles. The zero-order valence-corrected chi connectivity index (χ0v) is 23.2. The molecule has 0 bridgehead atoms. The third kappa shape index (κ3) is 4.83. The molecule has 222 valence electrons. The average Bonchev–Trinajstić information content (AvgIpc) is 3.22. The second-order valence-electron chi connectivity index (χ2n) is 13.9. The number of hydrogen-bond acceptors (Lipinski definition) is 9. The van der Waals surface area contributed by atoms with Crippen LogP contribution in [0.2, 0.25) is 0 Å². The van der Waals surface area contributed by atoms with Crippen molar-refractivity contribution in [1.82, 2.24) is 0 Å². The van der Waals surface area contributed by atoms with E-state index in [1.807, 2.05) is 6.92 Å². The van der Waals surface area contributed by atoms with E-state index in [2.05, 4.69) is 13.8 Å². The molecule has 4 aliphatic carbocycles. The molecule has 10 nitrogen and oxygen atoms in total. The number of fused-ring (bicyclic) bond motifs is 5. The van der Waals surface area contributed by atoms with Crippen LogP contribution in [0.25, 0.3) is 0 Å². The van der Waals surface area contributed by atoms with Crippen LogP contribution >= 0.6 is 0 Å². The van der Waals surface area contributed by atoms with E-state index in [4.69, 9.17) is 9.47 Å². The van der Waals surface area contributed by atoms with E-state index >= 15 is 0 Å². The van der Waals surface area contributed by atoms with Crippen LogP contribution in [-0.4, -0.2) is 85.5 Å². The van der Waals surface area contributed by atoms with E-state index in [9.17, 15) is 40.2 Å². The summed E-state index contributed by atoms with van der Waals surface area (Å²) >= 11 is 0. The predicted molar refractivity (Wildman–Crippen MR) is 137 cm³/mol. The number of ether oxygens (including phenoxy) is 2. The molecule has 5 aliphatic rings. The standard InChI is InChI=1S/C29H46O10/c1-13(10-20(32)38-27-24(35)22(33)23(34)25(39-27)26(36)37)16-4-5-17-21-18(7-9-29(16,17)3)28(2)8-6-15(30)11-14(28)12-19(21)31/h13-19,21-25,27,30-31,33-35H,4-12H2,1-3H3,(H,36,37)/t13-,14+,15-,16-,17+,18+,19+,21+,22?,23?,24?,25?,27?,28+,29-/m0/s1. The van der Waals surface area contributed by atoms with E-state index in [-0.39, 0.29) is 47.2 Å². The Kier molecular flexibility index (Phi) is 7.87. The van der Waals surface area contributed by atoms with Crippen molar-refractivity contribution in [2.75, 3.05) is 0 Å². The molecule has 5 unspecified atom stereocenters. The molecule has 5 fully saturated rings. The molecule has 0 aromatic heterocycles. The van der Waals surface area contributed by atoms with Gasteiger partial charge >= 0.3 is 11.9 Å². The summed E-state index contributed by atoms with van der Waals surface area (Å²) in [5.74, 6) is -0.642. The van der Waals surface area contributed by atoms with Gasteiger partial charge in [-0.2, -0.15) is 0 Å². The number of aliphatic carboxylic acids is 1. The Hall–Kier alpha value is -1.30. The third-order valence-electron chi connectivity index (χ3n) is 12.0. The van der Waals surface area contributed by atoms with E-state index in [0.717, 1.165) is 51.4 Å². The van der Waals surface area contributed by atoms with Gasteiger partial charge in [0.05, 0.1) is 12.2 Å². The molecule has 1 saturated heterocycles. The lowest BCUT2D eigenvalue weighted by Crippen LogP contribution is -2.60. The van der Waals surface area contributed by atoms with Gasteiger partial charge in [-0.15, -0.1) is 0 Å².